The topological polar surface area (TPSA) is 169 Å². The van der Waals surface area contributed by atoms with Gasteiger partial charge in [0.05, 0.1) is 0 Å². The predicted molar refractivity (Wildman–Crippen MR) is 103 cm³/mol. The van der Waals surface area contributed by atoms with E-state index in [0.717, 1.165) is 5.56 Å². The summed E-state index contributed by atoms with van der Waals surface area (Å²) >= 11 is 0. The summed E-state index contributed by atoms with van der Waals surface area (Å²) in [5.41, 5.74) is 20.0. The van der Waals surface area contributed by atoms with Crippen molar-refractivity contribution in [3.8, 4) is 0 Å². The van der Waals surface area contributed by atoms with E-state index < -0.39 is 5.97 Å². The summed E-state index contributed by atoms with van der Waals surface area (Å²) in [6.07, 6.45) is 2.07. The molecule has 0 unspecified atom stereocenters. The Balaban J connectivity index is 2.44. The fourth-order valence-electron chi connectivity index (χ4n) is 2.86. The number of anilines is 1. The minimum Gasteiger partial charge on any atom is -0.481 e. The third-order valence-corrected chi connectivity index (χ3v) is 4.19. The third kappa shape index (κ3) is 5.11. The largest absolute Gasteiger partial charge is 0.481 e. The van der Waals surface area contributed by atoms with Gasteiger partial charge in [0.1, 0.15) is 11.7 Å². The van der Waals surface area contributed by atoms with E-state index in [1.807, 2.05) is 12.1 Å². The number of Topliss-reactive ketones (excluding diaryl/α,β-unsaturated/α-hetero) is 1. The molecule has 0 saturated heterocycles. The second-order valence-electron chi connectivity index (χ2n) is 6.17. The Hall–Kier alpha value is -3.26. The normalized spacial score (nSPS) is 10.6. The molecule has 1 aromatic carbocycles. The second kappa shape index (κ2) is 8.91. The molecule has 0 atom stereocenters. The van der Waals surface area contributed by atoms with Crippen molar-refractivity contribution >= 4 is 23.4 Å². The predicted octanol–water partition coefficient (Wildman–Crippen LogP) is 1.09. The zero-order valence-corrected chi connectivity index (χ0v) is 14.9. The maximum atomic E-state index is 12.7. The molecular formula is C19H23N5O3. The summed E-state index contributed by atoms with van der Waals surface area (Å²) in [4.78, 5) is 27.8. The molecule has 0 fully saturated rings. The van der Waals surface area contributed by atoms with Gasteiger partial charge in [-0.05, 0) is 30.5 Å². The molecular weight excluding hydrogens is 346 g/mol. The van der Waals surface area contributed by atoms with Crippen LogP contribution in [0.1, 0.15) is 45.5 Å². The van der Waals surface area contributed by atoms with Crippen LogP contribution in [0.5, 0.6) is 0 Å². The van der Waals surface area contributed by atoms with Crippen LogP contribution in [0.25, 0.3) is 0 Å². The summed E-state index contributed by atoms with van der Waals surface area (Å²) in [5.74, 6) is -1.02. The number of carboxylic acids is 1. The average Bonchev–Trinajstić information content (AvgIpc) is 2.62. The number of aliphatic carboxylic acids is 1. The first kappa shape index (κ1) is 20.1. The van der Waals surface area contributed by atoms with E-state index in [1.54, 1.807) is 18.3 Å². The molecule has 2 aromatic rings. The number of carbonyl (C=O) groups is 2. The number of rotatable bonds is 9. The number of benzene rings is 1. The van der Waals surface area contributed by atoms with E-state index in [1.165, 1.54) is 0 Å². The molecule has 0 aliphatic heterocycles. The molecule has 0 bridgehead atoms. The van der Waals surface area contributed by atoms with E-state index in [4.69, 9.17) is 27.7 Å². The smallest absolute Gasteiger partial charge is 0.303 e. The Labute approximate surface area is 156 Å². The number of aromatic nitrogens is 1. The summed E-state index contributed by atoms with van der Waals surface area (Å²) in [7, 11) is 0. The Bertz CT molecular complexity index is 862. The summed E-state index contributed by atoms with van der Waals surface area (Å²) < 4.78 is 0. The summed E-state index contributed by atoms with van der Waals surface area (Å²) in [5, 5.41) is 16.4. The van der Waals surface area contributed by atoms with Gasteiger partial charge in [-0.15, -0.1) is 0 Å². The average molecular weight is 369 g/mol. The first-order valence-corrected chi connectivity index (χ1v) is 8.48. The highest BCUT2D eigenvalue weighted by Crippen LogP contribution is 2.25. The first-order chi connectivity index (χ1) is 12.8. The Morgan fingerprint density at radius 3 is 2.37 bits per heavy atom. The van der Waals surface area contributed by atoms with E-state index in [0.29, 0.717) is 28.7 Å². The molecule has 0 amide bonds. The van der Waals surface area contributed by atoms with Crippen LogP contribution in [0.15, 0.2) is 30.5 Å². The number of nitrogen functional groups attached to an aromatic ring is 2. The molecule has 8 heteroatoms. The molecule has 1 heterocycles. The van der Waals surface area contributed by atoms with Gasteiger partial charge in [-0.1, -0.05) is 24.3 Å². The van der Waals surface area contributed by atoms with E-state index in [-0.39, 0.29) is 43.2 Å². The molecule has 0 radical (unpaired) electrons. The molecule has 8 nitrogen and oxygen atoms in total. The number of ketones is 1. The molecule has 1 aromatic heterocycles. The van der Waals surface area contributed by atoms with E-state index in [2.05, 4.69) is 4.98 Å². The standard InChI is InChI=1S/C19H23N5O3/c20-8-7-15(25)17-13(9-11-1-3-12(4-2-11)18(21)22)10-24-19(23)14(17)5-6-16(26)27/h1-4,10H,5-9,20H2,(H3,21,22)(H2,23,24)(H,26,27). The lowest BCUT2D eigenvalue weighted by Gasteiger charge is -2.15. The Morgan fingerprint density at radius 2 is 1.81 bits per heavy atom. The van der Waals surface area contributed by atoms with Gasteiger partial charge in [0, 0.05) is 35.7 Å². The van der Waals surface area contributed by atoms with Crippen LogP contribution in [0.4, 0.5) is 5.82 Å². The van der Waals surface area contributed by atoms with Crippen LogP contribution >= 0.6 is 0 Å². The number of hydrogen-bond donors (Lipinski definition) is 5. The lowest BCUT2D eigenvalue weighted by Crippen LogP contribution is -2.16. The van der Waals surface area contributed by atoms with Gasteiger partial charge < -0.3 is 22.3 Å². The molecule has 0 spiro atoms. The van der Waals surface area contributed by atoms with E-state index >= 15 is 0 Å². The van der Waals surface area contributed by atoms with E-state index in [9.17, 15) is 9.59 Å². The van der Waals surface area contributed by atoms with Crippen molar-refractivity contribution in [2.75, 3.05) is 12.3 Å². The second-order valence-corrected chi connectivity index (χ2v) is 6.17. The maximum Gasteiger partial charge on any atom is 0.303 e. The fourth-order valence-corrected chi connectivity index (χ4v) is 2.86. The molecule has 8 N–H and O–H groups in total. The number of carboxylic acid groups (broad SMARTS) is 1. The highest BCUT2D eigenvalue weighted by molar-refractivity contribution is 6.00. The van der Waals surface area contributed by atoms with Crippen LogP contribution in [-0.2, 0) is 17.6 Å². The van der Waals surface area contributed by atoms with Gasteiger partial charge in [-0.25, -0.2) is 4.98 Å². The minimum absolute atomic E-state index is 0.0227. The molecule has 0 saturated carbocycles. The number of nitrogens with one attached hydrogen (secondary N) is 1. The van der Waals surface area contributed by atoms with Crippen LogP contribution in [0.3, 0.4) is 0 Å². The molecule has 0 aliphatic carbocycles. The van der Waals surface area contributed by atoms with Crippen LogP contribution in [-0.4, -0.2) is 34.2 Å². The third-order valence-electron chi connectivity index (χ3n) is 4.19. The van der Waals surface area contributed by atoms with Crippen molar-refractivity contribution in [3.05, 3.63) is 58.3 Å². The SMILES string of the molecule is N=C(N)c1ccc(Cc2cnc(N)c(CCC(=O)O)c2C(=O)CCN)cc1. The van der Waals surface area contributed by atoms with Gasteiger partial charge in [0.25, 0.3) is 0 Å². The zero-order chi connectivity index (χ0) is 20.0. The highest BCUT2D eigenvalue weighted by atomic mass is 16.4. The number of carbonyl (C=O) groups excluding carboxylic acids is 1. The van der Waals surface area contributed by atoms with Crippen molar-refractivity contribution in [1.82, 2.24) is 4.98 Å². The van der Waals surface area contributed by atoms with Crippen molar-refractivity contribution in [3.63, 3.8) is 0 Å². The number of pyridine rings is 1. The lowest BCUT2D eigenvalue weighted by atomic mass is 9.91. The van der Waals surface area contributed by atoms with Crippen molar-refractivity contribution < 1.29 is 14.7 Å². The number of nitrogens with zero attached hydrogens (tertiary/aromatic N) is 1. The maximum absolute atomic E-state index is 12.7. The van der Waals surface area contributed by atoms with Crippen LogP contribution < -0.4 is 17.2 Å². The minimum atomic E-state index is -0.975. The van der Waals surface area contributed by atoms with Gasteiger partial charge in [0.15, 0.2) is 5.78 Å². The number of hydrogen-bond acceptors (Lipinski definition) is 6. The van der Waals surface area contributed by atoms with Crippen LogP contribution in [0, 0.1) is 5.41 Å². The number of nitrogens with two attached hydrogens (primary N) is 3. The number of amidine groups is 1. The summed E-state index contributed by atoms with van der Waals surface area (Å²) in [6.45, 7) is 0.187. The lowest BCUT2D eigenvalue weighted by molar-refractivity contribution is -0.136. The van der Waals surface area contributed by atoms with Gasteiger partial charge in [0.2, 0.25) is 0 Å². The van der Waals surface area contributed by atoms with Gasteiger partial charge >= 0.3 is 5.97 Å². The van der Waals surface area contributed by atoms with Crippen molar-refractivity contribution in [2.45, 2.75) is 25.7 Å². The zero-order valence-electron chi connectivity index (χ0n) is 14.9. The van der Waals surface area contributed by atoms with Crippen molar-refractivity contribution in [1.29, 1.82) is 5.41 Å². The molecule has 2 rings (SSSR count). The fraction of sp³-hybridized carbons (Fsp3) is 0.263. The Kier molecular flexibility index (Phi) is 6.62. The van der Waals surface area contributed by atoms with Crippen LogP contribution in [0.2, 0.25) is 0 Å². The summed E-state index contributed by atoms with van der Waals surface area (Å²) in [6, 6.07) is 7.10. The Morgan fingerprint density at radius 1 is 1.15 bits per heavy atom. The molecule has 142 valence electrons. The highest BCUT2D eigenvalue weighted by Gasteiger charge is 2.20. The molecule has 27 heavy (non-hydrogen) atoms. The van der Waals surface area contributed by atoms with Gasteiger partial charge in [-0.3, -0.25) is 15.0 Å². The van der Waals surface area contributed by atoms with Crippen molar-refractivity contribution in [2.24, 2.45) is 11.5 Å². The quantitative estimate of drug-likeness (QED) is 0.250. The van der Waals surface area contributed by atoms with Gasteiger partial charge in [-0.2, -0.15) is 0 Å². The monoisotopic (exact) mass is 369 g/mol. The molecule has 0 aliphatic rings. The first-order valence-electron chi connectivity index (χ1n) is 8.48.